The zero-order valence-electron chi connectivity index (χ0n) is 8.88. The largest absolute Gasteiger partial charge is 0.384 e. The molecule has 0 fully saturated rings. The SMILES string of the molecule is Nc1cc(-c2c[nH]c3ncccc23)nc(N)n1. The van der Waals surface area contributed by atoms with E-state index in [4.69, 9.17) is 11.5 Å². The molecule has 5 N–H and O–H groups in total. The summed E-state index contributed by atoms with van der Waals surface area (Å²) in [5.41, 5.74) is 13.6. The van der Waals surface area contributed by atoms with Crippen molar-refractivity contribution in [2.75, 3.05) is 11.5 Å². The third kappa shape index (κ3) is 1.55. The lowest BCUT2D eigenvalue weighted by Crippen LogP contribution is -2.00. The number of aromatic nitrogens is 4. The highest BCUT2D eigenvalue weighted by molar-refractivity contribution is 5.92. The zero-order chi connectivity index (χ0) is 11.8. The Bertz CT molecular complexity index is 667. The van der Waals surface area contributed by atoms with Crippen LogP contribution in [0.3, 0.4) is 0 Å². The number of rotatable bonds is 1. The number of nitrogens with zero attached hydrogens (tertiary/aromatic N) is 3. The summed E-state index contributed by atoms with van der Waals surface area (Å²) >= 11 is 0. The number of aromatic amines is 1. The molecule has 6 heteroatoms. The lowest BCUT2D eigenvalue weighted by molar-refractivity contribution is 1.20. The number of fused-ring (bicyclic) bond motifs is 1. The molecule has 0 aliphatic rings. The van der Waals surface area contributed by atoms with Crippen LogP contribution in [0.5, 0.6) is 0 Å². The monoisotopic (exact) mass is 226 g/mol. The topological polar surface area (TPSA) is 106 Å². The molecule has 6 nitrogen and oxygen atoms in total. The van der Waals surface area contributed by atoms with Gasteiger partial charge in [-0.2, -0.15) is 4.98 Å². The highest BCUT2D eigenvalue weighted by Crippen LogP contribution is 2.26. The molecule has 0 aromatic carbocycles. The number of H-pyrrole nitrogens is 1. The molecule has 3 aromatic heterocycles. The van der Waals surface area contributed by atoms with Crippen molar-refractivity contribution < 1.29 is 0 Å². The van der Waals surface area contributed by atoms with Crippen molar-refractivity contribution in [1.29, 1.82) is 0 Å². The lowest BCUT2D eigenvalue weighted by atomic mass is 10.1. The van der Waals surface area contributed by atoms with Gasteiger partial charge in [-0.3, -0.25) is 0 Å². The highest BCUT2D eigenvalue weighted by Gasteiger charge is 2.09. The van der Waals surface area contributed by atoms with Crippen molar-refractivity contribution in [2.45, 2.75) is 0 Å². The molecular weight excluding hydrogens is 216 g/mol. The minimum atomic E-state index is 0.165. The van der Waals surface area contributed by atoms with Gasteiger partial charge in [0.15, 0.2) is 0 Å². The van der Waals surface area contributed by atoms with Gasteiger partial charge >= 0.3 is 0 Å². The third-order valence-corrected chi connectivity index (χ3v) is 2.49. The van der Waals surface area contributed by atoms with Crippen LogP contribution in [0, 0.1) is 0 Å². The maximum absolute atomic E-state index is 5.65. The molecule has 3 heterocycles. The molecule has 3 aromatic rings. The Kier molecular flexibility index (Phi) is 1.94. The van der Waals surface area contributed by atoms with Crippen LogP contribution in [-0.2, 0) is 0 Å². The van der Waals surface area contributed by atoms with E-state index >= 15 is 0 Å². The van der Waals surface area contributed by atoms with Gasteiger partial charge in [-0.05, 0) is 12.1 Å². The molecule has 0 unspecified atom stereocenters. The first-order chi connectivity index (χ1) is 8.24. The molecule has 0 atom stereocenters. The fourth-order valence-electron chi connectivity index (χ4n) is 1.79. The maximum atomic E-state index is 5.65. The Morgan fingerprint density at radius 2 is 2.06 bits per heavy atom. The second-order valence-electron chi connectivity index (χ2n) is 3.64. The van der Waals surface area contributed by atoms with Crippen LogP contribution in [0.15, 0.2) is 30.6 Å². The number of anilines is 2. The molecule has 0 saturated heterocycles. The van der Waals surface area contributed by atoms with Gasteiger partial charge in [0.25, 0.3) is 0 Å². The normalized spacial score (nSPS) is 10.8. The van der Waals surface area contributed by atoms with E-state index in [9.17, 15) is 0 Å². The van der Waals surface area contributed by atoms with E-state index in [-0.39, 0.29) is 5.95 Å². The second kappa shape index (κ2) is 3.44. The van der Waals surface area contributed by atoms with Crippen molar-refractivity contribution in [3.8, 4) is 11.3 Å². The van der Waals surface area contributed by atoms with E-state index in [0.29, 0.717) is 11.5 Å². The summed E-state index contributed by atoms with van der Waals surface area (Å²) in [5, 5.41) is 0.977. The number of nitrogens with two attached hydrogens (primary N) is 2. The molecule has 0 bridgehead atoms. The summed E-state index contributed by atoms with van der Waals surface area (Å²) < 4.78 is 0. The van der Waals surface area contributed by atoms with Crippen LogP contribution < -0.4 is 11.5 Å². The van der Waals surface area contributed by atoms with Crippen LogP contribution in [0.2, 0.25) is 0 Å². The summed E-state index contributed by atoms with van der Waals surface area (Å²) in [6, 6.07) is 5.52. The summed E-state index contributed by atoms with van der Waals surface area (Å²) in [6.45, 7) is 0. The second-order valence-corrected chi connectivity index (χ2v) is 3.64. The number of hydrogen-bond donors (Lipinski definition) is 3. The highest BCUT2D eigenvalue weighted by atomic mass is 15.0. The summed E-state index contributed by atoms with van der Waals surface area (Å²) in [7, 11) is 0. The van der Waals surface area contributed by atoms with Crippen molar-refractivity contribution in [2.24, 2.45) is 0 Å². The quantitative estimate of drug-likeness (QED) is 0.577. The number of nitrogens with one attached hydrogen (secondary N) is 1. The fourth-order valence-corrected chi connectivity index (χ4v) is 1.79. The van der Waals surface area contributed by atoms with Crippen LogP contribution in [0.25, 0.3) is 22.3 Å². The van der Waals surface area contributed by atoms with Gasteiger partial charge in [0.1, 0.15) is 11.5 Å². The zero-order valence-corrected chi connectivity index (χ0v) is 8.88. The standard InChI is InChI=1S/C11H10N6/c12-9-4-8(16-11(13)17-9)7-5-15-10-6(7)2-1-3-14-10/h1-5H,(H,14,15)(H4,12,13,16,17). The van der Waals surface area contributed by atoms with Crippen LogP contribution in [-0.4, -0.2) is 19.9 Å². The first-order valence-electron chi connectivity index (χ1n) is 5.06. The fraction of sp³-hybridized carbons (Fsp3) is 0. The van der Waals surface area contributed by atoms with Crippen molar-refractivity contribution in [3.63, 3.8) is 0 Å². The van der Waals surface area contributed by atoms with E-state index in [0.717, 1.165) is 16.6 Å². The Labute approximate surface area is 96.7 Å². The summed E-state index contributed by atoms with van der Waals surface area (Å²) in [5.74, 6) is 0.518. The average Bonchev–Trinajstić information content (AvgIpc) is 2.71. The molecule has 0 radical (unpaired) electrons. The van der Waals surface area contributed by atoms with E-state index in [2.05, 4.69) is 19.9 Å². The van der Waals surface area contributed by atoms with Crippen molar-refractivity contribution >= 4 is 22.8 Å². The van der Waals surface area contributed by atoms with E-state index in [1.54, 1.807) is 12.3 Å². The molecule has 0 spiro atoms. The number of nitrogen functional groups attached to an aromatic ring is 2. The van der Waals surface area contributed by atoms with E-state index in [1.807, 2.05) is 18.3 Å². The van der Waals surface area contributed by atoms with E-state index < -0.39 is 0 Å². The third-order valence-electron chi connectivity index (χ3n) is 2.49. The molecule has 17 heavy (non-hydrogen) atoms. The van der Waals surface area contributed by atoms with Gasteiger partial charge in [0.05, 0.1) is 5.69 Å². The number of hydrogen-bond acceptors (Lipinski definition) is 5. The van der Waals surface area contributed by atoms with Crippen molar-refractivity contribution in [3.05, 3.63) is 30.6 Å². The number of pyridine rings is 1. The molecule has 0 aliphatic heterocycles. The Balaban J connectivity index is 2.27. The smallest absolute Gasteiger partial charge is 0.222 e. The summed E-state index contributed by atoms with van der Waals surface area (Å²) in [6.07, 6.45) is 3.56. The van der Waals surface area contributed by atoms with Crippen LogP contribution in [0.1, 0.15) is 0 Å². The Morgan fingerprint density at radius 3 is 2.88 bits per heavy atom. The van der Waals surface area contributed by atoms with Gasteiger partial charge in [-0.1, -0.05) is 0 Å². The Morgan fingerprint density at radius 1 is 1.18 bits per heavy atom. The molecule has 3 rings (SSSR count). The van der Waals surface area contributed by atoms with Gasteiger partial charge in [0.2, 0.25) is 5.95 Å². The maximum Gasteiger partial charge on any atom is 0.222 e. The minimum Gasteiger partial charge on any atom is -0.384 e. The van der Waals surface area contributed by atoms with Gasteiger partial charge in [0, 0.05) is 29.4 Å². The first kappa shape index (κ1) is 9.59. The molecule has 0 amide bonds. The molecule has 84 valence electrons. The van der Waals surface area contributed by atoms with Crippen LogP contribution in [0.4, 0.5) is 11.8 Å². The Hall–Kier alpha value is -2.63. The predicted octanol–water partition coefficient (Wildman–Crippen LogP) is 1.18. The van der Waals surface area contributed by atoms with Crippen molar-refractivity contribution in [1.82, 2.24) is 19.9 Å². The van der Waals surface area contributed by atoms with Gasteiger partial charge < -0.3 is 16.5 Å². The first-order valence-corrected chi connectivity index (χ1v) is 5.06. The van der Waals surface area contributed by atoms with Gasteiger partial charge in [-0.15, -0.1) is 0 Å². The lowest BCUT2D eigenvalue weighted by Gasteiger charge is -2.01. The minimum absolute atomic E-state index is 0.165. The molecular formula is C11H10N6. The predicted molar refractivity (Wildman–Crippen MR) is 65.9 cm³/mol. The summed E-state index contributed by atoms with van der Waals surface area (Å²) in [4.78, 5) is 15.3. The average molecular weight is 226 g/mol. The van der Waals surface area contributed by atoms with Crippen LogP contribution >= 0.6 is 0 Å². The van der Waals surface area contributed by atoms with Gasteiger partial charge in [-0.25, -0.2) is 9.97 Å². The molecule has 0 saturated carbocycles. The molecule has 0 aliphatic carbocycles. The van der Waals surface area contributed by atoms with E-state index in [1.165, 1.54) is 0 Å².